The zero-order valence-electron chi connectivity index (χ0n) is 19.5. The number of carbonyl (C=O) groups is 2. The van der Waals surface area contributed by atoms with Crippen molar-refractivity contribution >= 4 is 12.1 Å². The summed E-state index contributed by atoms with van der Waals surface area (Å²) < 4.78 is 10.6. The van der Waals surface area contributed by atoms with Crippen LogP contribution in [0.3, 0.4) is 0 Å². The second-order valence-electron chi connectivity index (χ2n) is 8.65. The van der Waals surface area contributed by atoms with Gasteiger partial charge in [0.25, 0.3) is 0 Å². The Bertz CT molecular complexity index is 1170. The maximum Gasteiger partial charge on any atom is 0.411 e. The van der Waals surface area contributed by atoms with E-state index in [0.29, 0.717) is 6.54 Å². The van der Waals surface area contributed by atoms with E-state index in [1.807, 2.05) is 62.4 Å². The number of ether oxygens (including phenoxy) is 2. The van der Waals surface area contributed by atoms with Gasteiger partial charge in [-0.15, -0.1) is 0 Å². The molecule has 1 aliphatic heterocycles. The van der Waals surface area contributed by atoms with Gasteiger partial charge in [-0.1, -0.05) is 72.3 Å². The number of aryl methyl sites for hydroxylation is 2. The van der Waals surface area contributed by atoms with E-state index >= 15 is 0 Å². The summed E-state index contributed by atoms with van der Waals surface area (Å²) in [6.45, 7) is 6.58. The van der Waals surface area contributed by atoms with Gasteiger partial charge in [-0.3, -0.25) is 9.69 Å². The molecule has 0 bridgehead atoms. The van der Waals surface area contributed by atoms with E-state index in [4.69, 9.17) is 9.47 Å². The van der Waals surface area contributed by atoms with Gasteiger partial charge in [-0.25, -0.2) is 4.79 Å². The van der Waals surface area contributed by atoms with Crippen LogP contribution in [0.4, 0.5) is 4.79 Å². The van der Waals surface area contributed by atoms with Crippen LogP contribution in [0.2, 0.25) is 0 Å². The molecule has 170 valence electrons. The molecule has 3 aromatic carbocycles. The van der Waals surface area contributed by atoms with Gasteiger partial charge in [0.15, 0.2) is 0 Å². The Morgan fingerprint density at radius 2 is 1.76 bits per heavy atom. The Labute approximate surface area is 194 Å². The van der Waals surface area contributed by atoms with Crippen LogP contribution in [-0.4, -0.2) is 30.1 Å². The minimum atomic E-state index is -0.306. The topological polar surface area (TPSA) is 55.8 Å². The van der Waals surface area contributed by atoms with Gasteiger partial charge < -0.3 is 9.47 Å². The number of benzene rings is 3. The van der Waals surface area contributed by atoms with Crippen molar-refractivity contribution in [3.63, 3.8) is 0 Å². The van der Waals surface area contributed by atoms with E-state index < -0.39 is 0 Å². The van der Waals surface area contributed by atoms with Gasteiger partial charge in [0.2, 0.25) is 0 Å². The second kappa shape index (κ2) is 9.49. The van der Waals surface area contributed by atoms with Crippen molar-refractivity contribution in [3.8, 4) is 11.1 Å². The van der Waals surface area contributed by atoms with Crippen molar-refractivity contribution in [2.24, 2.45) is 0 Å². The highest BCUT2D eigenvalue weighted by atomic mass is 16.6. The molecule has 5 nitrogen and oxygen atoms in total. The van der Waals surface area contributed by atoms with Crippen molar-refractivity contribution in [2.45, 2.75) is 45.9 Å². The molecule has 0 aliphatic carbocycles. The van der Waals surface area contributed by atoms with Crippen LogP contribution in [-0.2, 0) is 27.2 Å². The molecule has 0 saturated carbocycles. The molecule has 0 N–H and O–H groups in total. The molecular weight excluding hydrogens is 414 g/mol. The van der Waals surface area contributed by atoms with Crippen LogP contribution in [0, 0.1) is 13.8 Å². The number of amides is 1. The lowest BCUT2D eigenvalue weighted by Crippen LogP contribution is -2.31. The minimum absolute atomic E-state index is 0.0972. The van der Waals surface area contributed by atoms with Gasteiger partial charge in [0, 0.05) is 0 Å². The third kappa shape index (κ3) is 4.77. The highest BCUT2D eigenvalue weighted by Crippen LogP contribution is 2.36. The number of methoxy groups -OCH3 is 1. The number of hydrogen-bond donors (Lipinski definition) is 0. The molecule has 1 saturated heterocycles. The predicted octanol–water partition coefficient (Wildman–Crippen LogP) is 5.77. The van der Waals surface area contributed by atoms with Crippen LogP contribution in [0.25, 0.3) is 11.1 Å². The second-order valence-corrected chi connectivity index (χ2v) is 8.65. The summed E-state index contributed by atoms with van der Waals surface area (Å²) in [5.74, 6) is -0.269. The third-order valence-electron chi connectivity index (χ3n) is 6.29. The average Bonchev–Trinajstić information content (AvgIpc) is 3.09. The zero-order valence-corrected chi connectivity index (χ0v) is 19.5. The first-order valence-electron chi connectivity index (χ1n) is 11.2. The van der Waals surface area contributed by atoms with E-state index in [1.165, 1.54) is 7.11 Å². The lowest BCUT2D eigenvalue weighted by Gasteiger charge is -2.23. The monoisotopic (exact) mass is 443 g/mol. The van der Waals surface area contributed by atoms with Gasteiger partial charge in [0.1, 0.15) is 6.10 Å². The highest BCUT2D eigenvalue weighted by molar-refractivity contribution is 5.77. The van der Waals surface area contributed by atoms with Crippen molar-refractivity contribution in [1.82, 2.24) is 4.90 Å². The Balaban J connectivity index is 1.67. The van der Waals surface area contributed by atoms with Gasteiger partial charge in [-0.05, 0) is 54.2 Å². The van der Waals surface area contributed by atoms with Crippen molar-refractivity contribution in [3.05, 3.63) is 94.5 Å². The molecule has 1 heterocycles. The fourth-order valence-corrected chi connectivity index (χ4v) is 4.41. The summed E-state index contributed by atoms with van der Waals surface area (Å²) in [5, 5.41) is 0. The zero-order chi connectivity index (χ0) is 23.5. The number of rotatable bonds is 6. The molecular formula is C28H29NO4. The summed E-state index contributed by atoms with van der Waals surface area (Å²) in [7, 11) is 1.40. The number of hydrogen-bond acceptors (Lipinski definition) is 4. The number of carbonyl (C=O) groups excluding carboxylic acids is 2. The van der Waals surface area contributed by atoms with Crippen molar-refractivity contribution < 1.29 is 19.1 Å². The third-order valence-corrected chi connectivity index (χ3v) is 6.29. The van der Waals surface area contributed by atoms with Gasteiger partial charge in [0.05, 0.1) is 26.1 Å². The first-order chi connectivity index (χ1) is 15.9. The quantitative estimate of drug-likeness (QED) is 0.454. The van der Waals surface area contributed by atoms with Gasteiger partial charge in [-0.2, -0.15) is 0 Å². The first-order valence-corrected chi connectivity index (χ1v) is 11.2. The smallest absolute Gasteiger partial charge is 0.411 e. The Kier molecular flexibility index (Phi) is 6.50. The largest absolute Gasteiger partial charge is 0.469 e. The Morgan fingerprint density at radius 3 is 2.48 bits per heavy atom. The minimum Gasteiger partial charge on any atom is -0.469 e. The highest BCUT2D eigenvalue weighted by Gasteiger charge is 2.39. The normalized spacial score (nSPS) is 17.7. The van der Waals surface area contributed by atoms with Crippen LogP contribution in [0.1, 0.15) is 40.8 Å². The van der Waals surface area contributed by atoms with Crippen molar-refractivity contribution in [1.29, 1.82) is 0 Å². The molecule has 0 spiro atoms. The fourth-order valence-electron chi connectivity index (χ4n) is 4.41. The first kappa shape index (κ1) is 22.6. The van der Waals surface area contributed by atoms with E-state index in [1.54, 1.807) is 4.90 Å². The Morgan fingerprint density at radius 1 is 1.00 bits per heavy atom. The van der Waals surface area contributed by atoms with Crippen LogP contribution >= 0.6 is 0 Å². The SMILES string of the molecule is COC(=O)Cc1ccc(C)c(-c2ccc(C)cc2CN2C(=O)O[C@H](c3ccccc3)[C@@H]2C)c1. The lowest BCUT2D eigenvalue weighted by molar-refractivity contribution is -0.139. The molecule has 5 heteroatoms. The van der Waals surface area contributed by atoms with E-state index in [0.717, 1.165) is 38.9 Å². The standard InChI is InChI=1S/C28H29NO4/c1-18-10-13-24(25-15-21(12-11-19(25)2)16-26(30)32-4)23(14-18)17-29-20(3)27(33-28(29)31)22-8-6-5-7-9-22/h5-15,20,27H,16-17H2,1-4H3/t20-,27-/m0/s1. The predicted molar refractivity (Wildman–Crippen MR) is 128 cm³/mol. The molecule has 1 aliphatic rings. The summed E-state index contributed by atoms with van der Waals surface area (Å²) in [4.78, 5) is 26.4. The molecule has 33 heavy (non-hydrogen) atoms. The van der Waals surface area contributed by atoms with Gasteiger partial charge >= 0.3 is 12.1 Å². The number of nitrogens with zero attached hydrogens (tertiary/aromatic N) is 1. The summed E-state index contributed by atoms with van der Waals surface area (Å²) >= 11 is 0. The fraction of sp³-hybridized carbons (Fsp3) is 0.286. The van der Waals surface area contributed by atoms with Crippen LogP contribution < -0.4 is 0 Å². The maximum absolute atomic E-state index is 12.8. The maximum atomic E-state index is 12.8. The molecule has 2 atom stereocenters. The number of esters is 1. The van der Waals surface area contributed by atoms with Crippen LogP contribution in [0.15, 0.2) is 66.7 Å². The Hall–Kier alpha value is -3.60. The molecule has 4 rings (SSSR count). The molecule has 1 fully saturated rings. The van der Waals surface area contributed by atoms with E-state index in [2.05, 4.69) is 25.1 Å². The summed E-state index contributed by atoms with van der Waals surface area (Å²) in [6, 6.07) is 22.1. The van der Waals surface area contributed by atoms with E-state index in [-0.39, 0.29) is 30.6 Å². The molecule has 0 aromatic heterocycles. The summed E-state index contributed by atoms with van der Waals surface area (Å²) in [6.07, 6.45) is -0.379. The molecule has 0 radical (unpaired) electrons. The lowest BCUT2D eigenvalue weighted by atomic mass is 9.92. The molecule has 0 unspecified atom stereocenters. The molecule has 1 amide bonds. The average molecular weight is 444 g/mol. The van der Waals surface area contributed by atoms with Crippen LogP contribution in [0.5, 0.6) is 0 Å². The summed E-state index contributed by atoms with van der Waals surface area (Å²) in [5.41, 5.74) is 7.26. The van der Waals surface area contributed by atoms with E-state index in [9.17, 15) is 9.59 Å². The number of cyclic esters (lactones) is 1. The molecule has 3 aromatic rings. The van der Waals surface area contributed by atoms with Crippen molar-refractivity contribution in [2.75, 3.05) is 7.11 Å².